The summed E-state index contributed by atoms with van der Waals surface area (Å²) in [6.07, 6.45) is 0. The van der Waals surface area contributed by atoms with Crippen molar-refractivity contribution >= 4 is 41.5 Å². The van der Waals surface area contributed by atoms with Gasteiger partial charge >= 0.3 is 35.8 Å². The van der Waals surface area contributed by atoms with Gasteiger partial charge in [0.15, 0.2) is 17.8 Å². The fourth-order valence-corrected chi connectivity index (χ4v) is 5.06. The highest BCUT2D eigenvalue weighted by Crippen LogP contribution is 2.42. The van der Waals surface area contributed by atoms with Crippen LogP contribution < -0.4 is 0 Å². The number of rotatable bonds is 11. The molecular formula is C40H61NO14. The summed E-state index contributed by atoms with van der Waals surface area (Å²) in [5.74, 6) is -15.4. The van der Waals surface area contributed by atoms with Crippen molar-refractivity contribution in [3.8, 4) is 0 Å². The van der Waals surface area contributed by atoms with Crippen LogP contribution in [0.15, 0.2) is 18.2 Å². The molecule has 0 aromatic heterocycles. The summed E-state index contributed by atoms with van der Waals surface area (Å²) in [6.45, 7) is 27.6. The number of esters is 6. The molecule has 55 heavy (non-hydrogen) atoms. The molecule has 1 rings (SSSR count). The molecule has 0 heterocycles. The summed E-state index contributed by atoms with van der Waals surface area (Å²) >= 11 is 0. The largest absolute Gasteiger partial charge is 0.459 e. The van der Waals surface area contributed by atoms with Crippen LogP contribution in [0.4, 0.5) is 5.69 Å². The van der Waals surface area contributed by atoms with E-state index in [2.05, 4.69) is 0 Å². The minimum absolute atomic E-state index is 0.300. The van der Waals surface area contributed by atoms with Gasteiger partial charge in [-0.05, 0) is 130 Å². The topological polar surface area (TPSA) is 201 Å². The van der Waals surface area contributed by atoms with Crippen molar-refractivity contribution in [2.45, 2.75) is 170 Å². The Morgan fingerprint density at radius 1 is 0.473 bits per heavy atom. The first-order valence-electron chi connectivity index (χ1n) is 18.0. The van der Waals surface area contributed by atoms with E-state index in [0.29, 0.717) is 0 Å². The van der Waals surface area contributed by atoms with Crippen LogP contribution in [0.2, 0.25) is 0 Å². The lowest BCUT2D eigenvalue weighted by atomic mass is 9.75. The van der Waals surface area contributed by atoms with Gasteiger partial charge in [0, 0.05) is 12.0 Å². The smallest absolute Gasteiger partial charge is 0.325 e. The molecule has 1 aromatic rings. The van der Waals surface area contributed by atoms with E-state index in [1.165, 1.54) is 83.1 Å². The summed E-state index contributed by atoms with van der Waals surface area (Å²) < 4.78 is 33.5. The summed E-state index contributed by atoms with van der Waals surface area (Å²) in [5.41, 5.74) is -8.71. The predicted octanol–water partition coefficient (Wildman–Crippen LogP) is 7.04. The Morgan fingerprint density at radius 2 is 0.727 bits per heavy atom. The third kappa shape index (κ3) is 16.4. The summed E-state index contributed by atoms with van der Waals surface area (Å²) in [4.78, 5) is 95.9. The van der Waals surface area contributed by atoms with Gasteiger partial charge in [-0.1, -0.05) is 12.1 Å². The monoisotopic (exact) mass is 779 g/mol. The molecular weight excluding hydrogens is 718 g/mol. The average Bonchev–Trinajstić information content (AvgIpc) is 2.86. The van der Waals surface area contributed by atoms with Crippen LogP contribution in [0.1, 0.15) is 148 Å². The molecule has 0 saturated carbocycles. The van der Waals surface area contributed by atoms with Crippen molar-refractivity contribution in [2.24, 2.45) is 11.8 Å². The fourth-order valence-electron chi connectivity index (χ4n) is 5.06. The van der Waals surface area contributed by atoms with Crippen LogP contribution in [0.25, 0.3) is 0 Å². The maximum Gasteiger partial charge on any atom is 0.325 e. The Labute approximate surface area is 324 Å². The molecule has 0 atom stereocenters. The van der Waals surface area contributed by atoms with Gasteiger partial charge in [-0.3, -0.25) is 38.9 Å². The number of hydrogen-bond donors (Lipinski definition) is 0. The zero-order chi connectivity index (χ0) is 43.4. The van der Waals surface area contributed by atoms with Crippen LogP contribution in [0, 0.1) is 22.0 Å². The summed E-state index contributed by atoms with van der Waals surface area (Å²) in [6, 6.07) is 3.06. The molecule has 0 aliphatic heterocycles. The molecule has 0 amide bonds. The normalized spacial score (nSPS) is 13.1. The van der Waals surface area contributed by atoms with Gasteiger partial charge in [0.05, 0.1) is 10.5 Å². The molecule has 0 saturated heterocycles. The van der Waals surface area contributed by atoms with Crippen LogP contribution in [0.5, 0.6) is 0 Å². The van der Waals surface area contributed by atoms with Gasteiger partial charge in [0.2, 0.25) is 0 Å². The van der Waals surface area contributed by atoms with E-state index >= 15 is 0 Å². The zero-order valence-electron chi connectivity index (χ0n) is 35.7. The quantitative estimate of drug-likeness (QED) is 0.0727. The number of benzene rings is 1. The molecule has 15 nitrogen and oxygen atoms in total. The Hall–Kier alpha value is -4.56. The van der Waals surface area contributed by atoms with E-state index in [-0.39, 0.29) is 5.56 Å². The first kappa shape index (κ1) is 48.5. The molecule has 0 aliphatic carbocycles. The average molecular weight is 780 g/mol. The maximum absolute atomic E-state index is 14.2. The second-order valence-electron chi connectivity index (χ2n) is 19.2. The Morgan fingerprint density at radius 3 is 0.964 bits per heavy atom. The number of nitro groups is 1. The third-order valence-electron chi connectivity index (χ3n) is 6.59. The molecule has 15 heteroatoms. The second-order valence-corrected chi connectivity index (χ2v) is 19.2. The lowest BCUT2D eigenvalue weighted by molar-refractivity contribution is -0.385. The van der Waals surface area contributed by atoms with Gasteiger partial charge in [0.25, 0.3) is 5.69 Å². The number of hydrogen-bond acceptors (Lipinski definition) is 14. The van der Waals surface area contributed by atoms with Crippen molar-refractivity contribution in [1.82, 2.24) is 0 Å². The minimum atomic E-state index is -2.12. The van der Waals surface area contributed by atoms with Crippen LogP contribution in [-0.4, -0.2) is 74.3 Å². The van der Waals surface area contributed by atoms with Gasteiger partial charge in [0.1, 0.15) is 33.6 Å². The van der Waals surface area contributed by atoms with Gasteiger partial charge in [-0.2, -0.15) is 0 Å². The number of ether oxygens (including phenoxy) is 6. The van der Waals surface area contributed by atoms with Crippen molar-refractivity contribution in [3.05, 3.63) is 39.4 Å². The van der Waals surface area contributed by atoms with Gasteiger partial charge in [-0.25, -0.2) is 0 Å². The van der Waals surface area contributed by atoms with Crippen LogP contribution in [0.3, 0.4) is 0 Å². The van der Waals surface area contributed by atoms with Gasteiger partial charge < -0.3 is 28.4 Å². The molecule has 1 aromatic carbocycles. The van der Waals surface area contributed by atoms with Crippen LogP contribution in [-0.2, 0) is 57.2 Å². The van der Waals surface area contributed by atoms with Crippen molar-refractivity contribution in [1.29, 1.82) is 0 Å². The number of nitrogens with zero attached hydrogens (tertiary/aromatic N) is 1. The lowest BCUT2D eigenvalue weighted by Crippen LogP contribution is -2.47. The van der Waals surface area contributed by atoms with Gasteiger partial charge in [-0.15, -0.1) is 0 Å². The molecule has 0 N–H and O–H groups in total. The number of carbonyl (C=O) groups is 6. The van der Waals surface area contributed by atoms with Crippen LogP contribution >= 0.6 is 0 Å². The first-order valence-corrected chi connectivity index (χ1v) is 18.0. The first-order chi connectivity index (χ1) is 24.3. The maximum atomic E-state index is 14.2. The molecule has 0 aliphatic rings. The molecule has 310 valence electrons. The highest BCUT2D eigenvalue weighted by atomic mass is 16.6. The molecule has 0 bridgehead atoms. The Bertz CT molecular complexity index is 1480. The third-order valence-corrected chi connectivity index (χ3v) is 6.59. The summed E-state index contributed by atoms with van der Waals surface area (Å²) in [7, 11) is 0. The van der Waals surface area contributed by atoms with Crippen molar-refractivity contribution in [2.75, 3.05) is 0 Å². The van der Waals surface area contributed by atoms with E-state index in [4.69, 9.17) is 28.4 Å². The standard InChI is InChI=1S/C40H61NO14/c1-35(2,3)50-29(42)26(30(43)51-36(4,5)6)23-20-19-22(21-24(23)41(48)49)25(27(31(44)52-37(7,8)9)32(45)53-38(10,11)12)28(33(46)54-39(13,14)15)34(47)55-40(16,17)18/h19-21,25-28H,1-18H3. The zero-order valence-corrected chi connectivity index (χ0v) is 35.7. The molecule has 0 radical (unpaired) electrons. The van der Waals surface area contributed by atoms with E-state index in [1.54, 1.807) is 41.5 Å². The lowest BCUT2D eigenvalue weighted by Gasteiger charge is -2.35. The Kier molecular flexibility index (Phi) is 15.0. The van der Waals surface area contributed by atoms with E-state index < -0.39 is 109 Å². The van der Waals surface area contributed by atoms with E-state index in [0.717, 1.165) is 18.2 Å². The SMILES string of the molecule is CC(C)(C)OC(=O)C(C(=O)OC(C)(C)C)c1ccc(C(C(C(=O)OC(C)(C)C)C(=O)OC(C)(C)C)C(C(=O)OC(C)(C)C)C(=O)OC(C)(C)C)cc1[N+](=O)[O-]. The van der Waals surface area contributed by atoms with E-state index in [1.807, 2.05) is 0 Å². The van der Waals surface area contributed by atoms with Crippen molar-refractivity contribution < 1.29 is 62.1 Å². The highest BCUT2D eigenvalue weighted by Gasteiger charge is 2.53. The number of carbonyl (C=O) groups excluding carboxylic acids is 6. The Balaban J connectivity index is 4.56. The second kappa shape index (κ2) is 17.1. The highest BCUT2D eigenvalue weighted by molar-refractivity contribution is 6.03. The number of nitro benzene ring substituents is 1. The van der Waals surface area contributed by atoms with E-state index in [9.17, 15) is 38.9 Å². The molecule has 0 spiro atoms. The fraction of sp³-hybridized carbons (Fsp3) is 0.700. The molecule has 0 fully saturated rings. The minimum Gasteiger partial charge on any atom is -0.459 e. The predicted molar refractivity (Wildman–Crippen MR) is 201 cm³/mol. The van der Waals surface area contributed by atoms with Crippen molar-refractivity contribution in [3.63, 3.8) is 0 Å². The molecule has 0 unspecified atom stereocenters. The summed E-state index contributed by atoms with van der Waals surface area (Å²) in [5, 5.41) is 12.9.